The van der Waals surface area contributed by atoms with Gasteiger partial charge in [-0.1, -0.05) is 205 Å². The van der Waals surface area contributed by atoms with Crippen molar-refractivity contribution in [3.63, 3.8) is 0 Å². The maximum absolute atomic E-state index is 14.6. The fraction of sp³-hybridized carbons (Fsp3) is 0.907. The molecule has 0 saturated carbocycles. The number of rotatable bonds is 58. The number of amides is 4. The van der Waals surface area contributed by atoms with Gasteiger partial charge < -0.3 is 34.4 Å². The Balaban J connectivity index is 3.64. The Morgan fingerprint density at radius 3 is 0.955 bits per heavy atom. The quantitative estimate of drug-likeness (QED) is 0.0580. The summed E-state index contributed by atoms with van der Waals surface area (Å²) in [7, 11) is 0. The molecule has 4 amide bonds. The highest BCUT2D eigenvalue weighted by atomic mass is 16.5. The van der Waals surface area contributed by atoms with Gasteiger partial charge in [-0.05, 0) is 119 Å². The summed E-state index contributed by atoms with van der Waals surface area (Å²) >= 11 is 0. The van der Waals surface area contributed by atoms with Crippen molar-refractivity contribution in [3.8, 4) is 0 Å². The fourth-order valence-electron chi connectivity index (χ4n) is 13.0. The second-order valence-electron chi connectivity index (χ2n) is 27.5. The van der Waals surface area contributed by atoms with E-state index >= 15 is 0 Å². The van der Waals surface area contributed by atoms with E-state index in [-0.39, 0.29) is 93.6 Å². The standard InChI is InChI=1S/C75H141N5O9/c1-13-25-37-62(19-7)54-78(55-63(20-8)38-26-14-2)70(83)44-34-43-68(81)53-75(76-69(82)49-52-77-50-32-31-33-51-77,60-88-73(86)47-35-45-71(84)79(56-64(21-9)39-27-15-3)57-65(22-10)40-28-16-4)61-89-74(87)48-36-46-72(85)80(58-66(23-11)41-29-17-5)59-67(24-12)42-30-18-6/h62-67H,13-61H2,1-12H3,(H,76,82). The van der Waals surface area contributed by atoms with Gasteiger partial charge in [0.25, 0.3) is 0 Å². The van der Waals surface area contributed by atoms with Crippen LogP contribution in [-0.4, -0.2) is 139 Å². The van der Waals surface area contributed by atoms with Crippen molar-refractivity contribution in [2.45, 2.75) is 333 Å². The van der Waals surface area contributed by atoms with E-state index in [1.165, 1.54) is 0 Å². The van der Waals surface area contributed by atoms with Crippen molar-refractivity contribution < 1.29 is 43.0 Å². The minimum absolute atomic E-state index is 0.0417. The molecule has 0 aromatic rings. The molecule has 1 N–H and O–H groups in total. The Labute approximate surface area is 547 Å². The number of unbranched alkanes of at least 4 members (excludes halogenated alkanes) is 6. The highest BCUT2D eigenvalue weighted by Crippen LogP contribution is 2.26. The topological polar surface area (TPSA) is 163 Å². The van der Waals surface area contributed by atoms with Crippen molar-refractivity contribution in [2.24, 2.45) is 35.5 Å². The highest BCUT2D eigenvalue weighted by molar-refractivity contribution is 5.84. The molecule has 0 spiro atoms. The first-order valence-corrected chi connectivity index (χ1v) is 37.7. The third kappa shape index (κ3) is 38.9. The van der Waals surface area contributed by atoms with Gasteiger partial charge in [0.1, 0.15) is 24.5 Å². The average molecular weight is 1260 g/mol. The Kier molecular flexibility index (Phi) is 49.6. The van der Waals surface area contributed by atoms with E-state index in [0.29, 0.717) is 87.7 Å². The van der Waals surface area contributed by atoms with Gasteiger partial charge in [0.05, 0.1) is 0 Å². The number of hydrogen-bond donors (Lipinski definition) is 1. The molecule has 89 heavy (non-hydrogen) atoms. The molecule has 1 aliphatic heterocycles. The zero-order valence-corrected chi connectivity index (χ0v) is 60.1. The lowest BCUT2D eigenvalue weighted by molar-refractivity contribution is -0.154. The smallest absolute Gasteiger partial charge is 0.305 e. The van der Waals surface area contributed by atoms with Crippen LogP contribution in [0, 0.1) is 35.5 Å². The summed E-state index contributed by atoms with van der Waals surface area (Å²) < 4.78 is 12.2. The average Bonchev–Trinajstić information content (AvgIpc) is 3.51. The number of Topliss-reactive ketones (excluding diaryl/α,β-unsaturated/α-hetero) is 1. The van der Waals surface area contributed by atoms with Crippen molar-refractivity contribution in [2.75, 3.05) is 72.1 Å². The van der Waals surface area contributed by atoms with Crippen LogP contribution in [0.4, 0.5) is 0 Å². The van der Waals surface area contributed by atoms with E-state index in [9.17, 15) is 33.6 Å². The van der Waals surface area contributed by atoms with Crippen molar-refractivity contribution >= 4 is 41.4 Å². The number of esters is 2. The summed E-state index contributed by atoms with van der Waals surface area (Å²) in [6.07, 6.45) is 30.4. The Hall–Kier alpha value is -3.55. The summed E-state index contributed by atoms with van der Waals surface area (Å²) in [5, 5.41) is 3.11. The molecule has 1 saturated heterocycles. The van der Waals surface area contributed by atoms with Gasteiger partial charge in [-0.15, -0.1) is 0 Å². The molecule has 0 aromatic carbocycles. The number of nitrogens with one attached hydrogen (secondary N) is 1. The molecular formula is C75H141N5O9. The van der Waals surface area contributed by atoms with Crippen LogP contribution in [0.3, 0.4) is 0 Å². The predicted octanol–water partition coefficient (Wildman–Crippen LogP) is 17.1. The first kappa shape index (κ1) is 83.5. The molecule has 1 heterocycles. The molecule has 6 unspecified atom stereocenters. The van der Waals surface area contributed by atoms with Crippen LogP contribution >= 0.6 is 0 Å². The molecule has 520 valence electrons. The van der Waals surface area contributed by atoms with Gasteiger partial charge in [-0.3, -0.25) is 33.6 Å². The van der Waals surface area contributed by atoms with Gasteiger partial charge in [-0.2, -0.15) is 0 Å². The summed E-state index contributed by atoms with van der Waals surface area (Å²) in [5.74, 6) is 0.888. The number of nitrogens with zero attached hydrogens (tertiary/aromatic N) is 4. The van der Waals surface area contributed by atoms with Crippen LogP contribution in [0.2, 0.25) is 0 Å². The Morgan fingerprint density at radius 2 is 0.674 bits per heavy atom. The van der Waals surface area contributed by atoms with E-state index in [1.807, 2.05) is 0 Å². The van der Waals surface area contributed by atoms with E-state index in [2.05, 4.69) is 108 Å². The number of ketones is 1. The number of likely N-dealkylation sites (tertiary alicyclic amines) is 1. The van der Waals surface area contributed by atoms with E-state index in [4.69, 9.17) is 9.47 Å². The lowest BCUT2D eigenvalue weighted by Crippen LogP contribution is -2.57. The van der Waals surface area contributed by atoms with Crippen LogP contribution in [0.1, 0.15) is 327 Å². The fourth-order valence-corrected chi connectivity index (χ4v) is 13.0. The van der Waals surface area contributed by atoms with Gasteiger partial charge in [0, 0.05) is 97.2 Å². The first-order chi connectivity index (χ1) is 43.0. The van der Waals surface area contributed by atoms with Crippen LogP contribution in [0.5, 0.6) is 0 Å². The Bertz CT molecular complexity index is 1730. The first-order valence-electron chi connectivity index (χ1n) is 37.7. The lowest BCUT2D eigenvalue weighted by Gasteiger charge is -2.34. The van der Waals surface area contributed by atoms with Crippen LogP contribution in [0.15, 0.2) is 0 Å². The minimum atomic E-state index is -1.61. The highest BCUT2D eigenvalue weighted by Gasteiger charge is 2.38. The van der Waals surface area contributed by atoms with E-state index < -0.39 is 30.7 Å². The van der Waals surface area contributed by atoms with Crippen LogP contribution in [0.25, 0.3) is 0 Å². The van der Waals surface area contributed by atoms with Crippen LogP contribution in [-0.2, 0) is 43.0 Å². The molecule has 0 aliphatic carbocycles. The summed E-state index contributed by atoms with van der Waals surface area (Å²) in [5.41, 5.74) is -1.61. The zero-order chi connectivity index (χ0) is 66.1. The zero-order valence-electron chi connectivity index (χ0n) is 60.1. The SMILES string of the molecule is CCCCC(CC)CN(CC(CC)CCCC)C(=O)CCCC(=O)CC(COC(=O)CCCC(=O)N(CC(CC)CCCC)CC(CC)CCCC)(COC(=O)CCCC(=O)N(CC(CC)CCCC)CC(CC)CCCC)NC(=O)CCN1CCCCC1. The largest absolute Gasteiger partial charge is 0.463 e. The van der Waals surface area contributed by atoms with E-state index in [1.54, 1.807) is 0 Å². The number of carbonyl (C=O) groups is 7. The lowest BCUT2D eigenvalue weighted by atomic mass is 9.91. The summed E-state index contributed by atoms with van der Waals surface area (Å²) in [6, 6.07) is 0. The molecule has 1 rings (SSSR count). The number of piperidine rings is 1. The monoisotopic (exact) mass is 1260 g/mol. The molecule has 0 aromatic heterocycles. The van der Waals surface area contributed by atoms with Gasteiger partial charge in [-0.25, -0.2) is 0 Å². The summed E-state index contributed by atoms with van der Waals surface area (Å²) in [4.78, 5) is 108. The number of carbonyl (C=O) groups excluding carboxylic acids is 7. The molecule has 1 fully saturated rings. The molecule has 14 heteroatoms. The number of hydrogen-bond acceptors (Lipinski definition) is 10. The van der Waals surface area contributed by atoms with E-state index in [0.717, 1.165) is 186 Å². The second-order valence-corrected chi connectivity index (χ2v) is 27.5. The Morgan fingerprint density at radius 1 is 0.382 bits per heavy atom. The molecular weight excluding hydrogens is 1110 g/mol. The minimum Gasteiger partial charge on any atom is -0.463 e. The van der Waals surface area contributed by atoms with Gasteiger partial charge in [0.2, 0.25) is 23.6 Å². The predicted molar refractivity (Wildman–Crippen MR) is 368 cm³/mol. The third-order valence-electron chi connectivity index (χ3n) is 19.6. The van der Waals surface area contributed by atoms with Crippen molar-refractivity contribution in [3.05, 3.63) is 0 Å². The number of ether oxygens (including phenoxy) is 2. The maximum atomic E-state index is 14.6. The molecule has 1 aliphatic rings. The summed E-state index contributed by atoms with van der Waals surface area (Å²) in [6.45, 7) is 32.2. The maximum Gasteiger partial charge on any atom is 0.305 e. The van der Waals surface area contributed by atoms with Gasteiger partial charge >= 0.3 is 11.9 Å². The van der Waals surface area contributed by atoms with Gasteiger partial charge in [0.15, 0.2) is 0 Å². The van der Waals surface area contributed by atoms with Crippen molar-refractivity contribution in [1.29, 1.82) is 0 Å². The molecule has 6 atom stereocenters. The van der Waals surface area contributed by atoms with Crippen molar-refractivity contribution in [1.82, 2.24) is 24.9 Å². The normalized spacial score (nSPS) is 15.5. The second kappa shape index (κ2) is 52.9. The third-order valence-corrected chi connectivity index (χ3v) is 19.6. The van der Waals surface area contributed by atoms with Crippen LogP contribution < -0.4 is 5.32 Å². The molecule has 0 bridgehead atoms. The molecule has 0 radical (unpaired) electrons. The molecule has 14 nitrogen and oxygen atoms in total.